The number of ether oxygens (including phenoxy) is 2. The van der Waals surface area contributed by atoms with Gasteiger partial charge in [-0.15, -0.1) is 0 Å². The first-order chi connectivity index (χ1) is 12.4. The summed E-state index contributed by atoms with van der Waals surface area (Å²) in [4.78, 5) is 11.8. The predicted octanol–water partition coefficient (Wildman–Crippen LogP) is 4.28. The summed E-state index contributed by atoms with van der Waals surface area (Å²) < 4.78 is 10.6. The van der Waals surface area contributed by atoms with Crippen LogP contribution in [-0.4, -0.2) is 30.4 Å². The Hall–Kier alpha value is -2.15. The van der Waals surface area contributed by atoms with E-state index in [0.29, 0.717) is 28.0 Å². The Kier molecular flexibility index (Phi) is 7.38. The first kappa shape index (κ1) is 20.2. The molecule has 0 fully saturated rings. The lowest BCUT2D eigenvalue weighted by Crippen LogP contribution is -2.24. The number of hydrogen-bond donors (Lipinski definition) is 2. The number of hydrogen-bond acceptors (Lipinski definition) is 5. The normalized spacial score (nSPS) is 10.8. The van der Waals surface area contributed by atoms with E-state index in [-0.39, 0.29) is 23.1 Å². The summed E-state index contributed by atoms with van der Waals surface area (Å²) in [5, 5.41) is 14.5. The minimum absolute atomic E-state index is 0.115. The zero-order chi connectivity index (χ0) is 19.1. The highest BCUT2D eigenvalue weighted by atomic mass is 35.5. The minimum Gasteiger partial charge on any atom is -0.503 e. The molecule has 9 heteroatoms. The number of amides is 1. The van der Waals surface area contributed by atoms with Crippen molar-refractivity contribution in [1.82, 2.24) is 5.43 Å². The van der Waals surface area contributed by atoms with Crippen LogP contribution in [0.3, 0.4) is 0 Å². The van der Waals surface area contributed by atoms with Gasteiger partial charge in [0.15, 0.2) is 18.1 Å². The van der Waals surface area contributed by atoms with Gasteiger partial charge in [-0.05, 0) is 42.8 Å². The Balaban J connectivity index is 1.92. The van der Waals surface area contributed by atoms with E-state index in [0.717, 1.165) is 0 Å². The van der Waals surface area contributed by atoms with Gasteiger partial charge in [0.1, 0.15) is 5.75 Å². The third kappa shape index (κ3) is 5.69. The number of aromatic hydroxyl groups is 1. The van der Waals surface area contributed by atoms with E-state index in [1.165, 1.54) is 18.3 Å². The van der Waals surface area contributed by atoms with Gasteiger partial charge in [0.2, 0.25) is 0 Å². The van der Waals surface area contributed by atoms with Gasteiger partial charge in [-0.25, -0.2) is 5.43 Å². The zero-order valence-corrected chi connectivity index (χ0v) is 15.9. The molecule has 2 aromatic rings. The summed E-state index contributed by atoms with van der Waals surface area (Å²) in [7, 11) is 0. The van der Waals surface area contributed by atoms with Crippen molar-refractivity contribution in [3.05, 3.63) is 51.0 Å². The van der Waals surface area contributed by atoms with Crippen LogP contribution in [0.25, 0.3) is 0 Å². The number of nitrogens with zero attached hydrogens (tertiary/aromatic N) is 1. The topological polar surface area (TPSA) is 80.2 Å². The van der Waals surface area contributed by atoms with E-state index in [9.17, 15) is 9.90 Å². The predicted molar refractivity (Wildman–Crippen MR) is 102 cm³/mol. The second kappa shape index (κ2) is 9.52. The molecule has 6 nitrogen and oxygen atoms in total. The fraction of sp³-hybridized carbons (Fsp3) is 0.176. The number of hydrazone groups is 1. The average molecular weight is 418 g/mol. The minimum atomic E-state index is -0.484. The van der Waals surface area contributed by atoms with E-state index in [4.69, 9.17) is 44.3 Å². The summed E-state index contributed by atoms with van der Waals surface area (Å²) in [6, 6.07) is 7.71. The number of rotatable bonds is 7. The molecule has 0 spiro atoms. The van der Waals surface area contributed by atoms with Crippen LogP contribution in [0.15, 0.2) is 35.4 Å². The van der Waals surface area contributed by atoms with Gasteiger partial charge in [0.05, 0.1) is 22.9 Å². The lowest BCUT2D eigenvalue weighted by atomic mass is 10.2. The van der Waals surface area contributed by atoms with Gasteiger partial charge < -0.3 is 14.6 Å². The first-order valence-corrected chi connectivity index (χ1v) is 8.59. The standard InChI is InChI=1S/C17H15Cl3N2O4/c1-2-25-15-6-10(5-13(20)17(15)24)8-21-22-16(23)9-26-14-4-3-11(18)7-12(14)19/h3-8,24H,2,9H2,1H3,(H,22,23)/b21-8-. The highest BCUT2D eigenvalue weighted by Crippen LogP contribution is 2.34. The number of benzene rings is 2. The van der Waals surface area contributed by atoms with E-state index in [2.05, 4.69) is 10.5 Å². The molecule has 0 aliphatic heterocycles. The van der Waals surface area contributed by atoms with Crippen LogP contribution >= 0.6 is 34.8 Å². The molecule has 0 saturated carbocycles. The fourth-order valence-electron chi connectivity index (χ4n) is 1.88. The Morgan fingerprint density at radius 1 is 1.15 bits per heavy atom. The van der Waals surface area contributed by atoms with Crippen LogP contribution in [0.5, 0.6) is 17.2 Å². The summed E-state index contributed by atoms with van der Waals surface area (Å²) in [6.45, 7) is 1.87. The number of halogens is 3. The quantitative estimate of drug-likeness (QED) is 0.520. The van der Waals surface area contributed by atoms with Gasteiger partial charge in [-0.2, -0.15) is 5.10 Å². The first-order valence-electron chi connectivity index (χ1n) is 7.45. The maximum Gasteiger partial charge on any atom is 0.277 e. The van der Waals surface area contributed by atoms with Crippen molar-refractivity contribution in [2.45, 2.75) is 6.92 Å². The molecule has 0 saturated heterocycles. The van der Waals surface area contributed by atoms with E-state index >= 15 is 0 Å². The Bertz CT molecular complexity index is 828. The SMILES string of the molecule is CCOc1cc(/C=N\NC(=O)COc2ccc(Cl)cc2Cl)cc(Cl)c1O. The monoisotopic (exact) mass is 416 g/mol. The lowest BCUT2D eigenvalue weighted by Gasteiger charge is -2.08. The van der Waals surface area contributed by atoms with Crippen LogP contribution in [0, 0.1) is 0 Å². The van der Waals surface area contributed by atoms with Crippen LogP contribution < -0.4 is 14.9 Å². The van der Waals surface area contributed by atoms with E-state index in [1.807, 2.05) is 0 Å². The van der Waals surface area contributed by atoms with Gasteiger partial charge in [-0.1, -0.05) is 34.8 Å². The molecule has 0 radical (unpaired) electrons. The van der Waals surface area contributed by atoms with Gasteiger partial charge in [-0.3, -0.25) is 4.79 Å². The second-order valence-electron chi connectivity index (χ2n) is 4.94. The molecule has 0 heterocycles. The Labute approximate surface area is 165 Å². The molecule has 26 heavy (non-hydrogen) atoms. The molecule has 138 valence electrons. The summed E-state index contributed by atoms with van der Waals surface area (Å²) in [6.07, 6.45) is 1.36. The molecule has 0 unspecified atom stereocenters. The number of phenols is 1. The zero-order valence-electron chi connectivity index (χ0n) is 13.6. The largest absolute Gasteiger partial charge is 0.503 e. The molecular formula is C17H15Cl3N2O4. The smallest absolute Gasteiger partial charge is 0.277 e. The molecule has 2 N–H and O–H groups in total. The molecule has 1 amide bonds. The molecule has 2 rings (SSSR count). The molecule has 0 aliphatic carbocycles. The highest BCUT2D eigenvalue weighted by Gasteiger charge is 2.09. The summed E-state index contributed by atoms with van der Waals surface area (Å²) in [5.74, 6) is -0.0690. The number of carbonyl (C=O) groups is 1. The van der Waals surface area contributed by atoms with Crippen LogP contribution in [0.4, 0.5) is 0 Å². The highest BCUT2D eigenvalue weighted by molar-refractivity contribution is 6.35. The number of phenolic OH excluding ortho intramolecular Hbond substituents is 1. The Morgan fingerprint density at radius 3 is 2.62 bits per heavy atom. The molecule has 0 aliphatic rings. The van der Waals surface area contributed by atoms with E-state index < -0.39 is 5.91 Å². The van der Waals surface area contributed by atoms with Crippen LogP contribution in [0.1, 0.15) is 12.5 Å². The fourth-order valence-corrected chi connectivity index (χ4v) is 2.56. The van der Waals surface area contributed by atoms with E-state index in [1.54, 1.807) is 25.1 Å². The van der Waals surface area contributed by atoms with Crippen molar-refractivity contribution >= 4 is 46.9 Å². The molecule has 2 aromatic carbocycles. The summed E-state index contributed by atoms with van der Waals surface area (Å²) >= 11 is 17.7. The van der Waals surface area contributed by atoms with Gasteiger partial charge in [0, 0.05) is 5.02 Å². The lowest BCUT2D eigenvalue weighted by molar-refractivity contribution is -0.123. The molecular weight excluding hydrogens is 403 g/mol. The number of carbonyl (C=O) groups excluding carboxylic acids is 1. The molecule has 0 bridgehead atoms. The van der Waals surface area contributed by atoms with Gasteiger partial charge in [0.25, 0.3) is 5.91 Å². The van der Waals surface area contributed by atoms with Gasteiger partial charge >= 0.3 is 0 Å². The van der Waals surface area contributed by atoms with Crippen LogP contribution in [-0.2, 0) is 4.79 Å². The Morgan fingerprint density at radius 2 is 1.92 bits per heavy atom. The molecule has 0 atom stereocenters. The van der Waals surface area contributed by atoms with Crippen molar-refractivity contribution < 1.29 is 19.4 Å². The van der Waals surface area contributed by atoms with Crippen molar-refractivity contribution in [2.75, 3.05) is 13.2 Å². The maximum atomic E-state index is 11.8. The maximum absolute atomic E-state index is 11.8. The van der Waals surface area contributed by atoms with Crippen molar-refractivity contribution in [3.8, 4) is 17.2 Å². The third-order valence-electron chi connectivity index (χ3n) is 3.01. The van der Waals surface area contributed by atoms with Crippen molar-refractivity contribution in [1.29, 1.82) is 0 Å². The third-order valence-corrected chi connectivity index (χ3v) is 3.82. The van der Waals surface area contributed by atoms with Crippen molar-refractivity contribution in [2.24, 2.45) is 5.10 Å². The summed E-state index contributed by atoms with van der Waals surface area (Å²) in [5.41, 5.74) is 2.85. The molecule has 0 aromatic heterocycles. The van der Waals surface area contributed by atoms with Crippen LogP contribution in [0.2, 0.25) is 15.1 Å². The van der Waals surface area contributed by atoms with Crippen molar-refractivity contribution in [3.63, 3.8) is 0 Å². The number of nitrogens with one attached hydrogen (secondary N) is 1. The average Bonchev–Trinajstić information content (AvgIpc) is 2.58. The second-order valence-corrected chi connectivity index (χ2v) is 6.19.